The van der Waals surface area contributed by atoms with Gasteiger partial charge in [-0.3, -0.25) is 9.67 Å². The molecule has 0 saturated heterocycles. The topological polar surface area (TPSA) is 94.1 Å². The van der Waals surface area contributed by atoms with Crippen LogP contribution >= 0.6 is 0 Å². The third-order valence-corrected chi connectivity index (χ3v) is 4.81. The molecular weight excluding hydrogens is 290 g/mol. The Kier molecular flexibility index (Phi) is 5.05. The highest BCUT2D eigenvalue weighted by Gasteiger charge is 2.25. The zero-order valence-corrected chi connectivity index (χ0v) is 12.7. The summed E-state index contributed by atoms with van der Waals surface area (Å²) in [6.45, 7) is 1.07. The molecule has 0 saturated carbocycles. The molecule has 0 radical (unpaired) electrons. The summed E-state index contributed by atoms with van der Waals surface area (Å²) >= 11 is 0. The van der Waals surface area contributed by atoms with Gasteiger partial charge in [0.05, 0.1) is 6.20 Å². The van der Waals surface area contributed by atoms with E-state index in [0.717, 1.165) is 5.56 Å². The Hall–Kier alpha value is -1.77. The van der Waals surface area contributed by atoms with Crippen LogP contribution < -0.4 is 5.73 Å². The van der Waals surface area contributed by atoms with E-state index < -0.39 is 10.0 Å². The van der Waals surface area contributed by atoms with Crippen LogP contribution in [0, 0.1) is 0 Å². The van der Waals surface area contributed by atoms with Crippen molar-refractivity contribution >= 4 is 10.0 Å². The minimum atomic E-state index is -3.58. The van der Waals surface area contributed by atoms with Crippen LogP contribution in [0.15, 0.2) is 41.8 Å². The molecule has 8 heteroatoms. The molecule has 0 aliphatic heterocycles. The number of aromatic nitrogens is 3. The average molecular weight is 309 g/mol. The van der Waals surface area contributed by atoms with Crippen LogP contribution in [0.5, 0.6) is 0 Å². The van der Waals surface area contributed by atoms with Crippen molar-refractivity contribution < 1.29 is 8.42 Å². The van der Waals surface area contributed by atoms with Gasteiger partial charge in [-0.1, -0.05) is 6.07 Å². The van der Waals surface area contributed by atoms with Gasteiger partial charge in [0.1, 0.15) is 4.90 Å². The quantitative estimate of drug-likeness (QED) is 0.796. The lowest BCUT2D eigenvalue weighted by Gasteiger charge is -2.21. The highest BCUT2D eigenvalue weighted by molar-refractivity contribution is 7.89. The maximum absolute atomic E-state index is 12.7. The van der Waals surface area contributed by atoms with Gasteiger partial charge in [0.25, 0.3) is 0 Å². The maximum atomic E-state index is 12.7. The van der Waals surface area contributed by atoms with Crippen LogP contribution in [-0.2, 0) is 23.6 Å². The van der Waals surface area contributed by atoms with E-state index in [1.807, 2.05) is 6.07 Å². The number of aryl methyl sites for hydroxylation is 1. The molecule has 0 aliphatic rings. The summed E-state index contributed by atoms with van der Waals surface area (Å²) in [5, 5.41) is 3.93. The number of rotatable bonds is 7. The maximum Gasteiger partial charge on any atom is 0.246 e. The summed E-state index contributed by atoms with van der Waals surface area (Å²) in [6, 6.07) is 3.63. The Balaban J connectivity index is 2.26. The smallest absolute Gasteiger partial charge is 0.246 e. The molecule has 0 atom stereocenters. The monoisotopic (exact) mass is 309 g/mol. The number of hydrogen-bond acceptors (Lipinski definition) is 5. The summed E-state index contributed by atoms with van der Waals surface area (Å²) in [7, 11) is -1.90. The van der Waals surface area contributed by atoms with E-state index in [0.29, 0.717) is 19.5 Å². The van der Waals surface area contributed by atoms with E-state index in [1.165, 1.54) is 21.4 Å². The van der Waals surface area contributed by atoms with Gasteiger partial charge in [-0.15, -0.1) is 0 Å². The number of nitrogens with zero attached hydrogens (tertiary/aromatic N) is 4. The van der Waals surface area contributed by atoms with Crippen molar-refractivity contribution in [2.24, 2.45) is 12.8 Å². The van der Waals surface area contributed by atoms with Crippen molar-refractivity contribution in [2.75, 3.05) is 13.1 Å². The molecule has 2 rings (SSSR count). The largest absolute Gasteiger partial charge is 0.330 e. The number of sulfonamides is 1. The molecule has 0 aliphatic carbocycles. The Morgan fingerprint density at radius 2 is 2.19 bits per heavy atom. The van der Waals surface area contributed by atoms with Crippen LogP contribution in [-0.4, -0.2) is 40.6 Å². The van der Waals surface area contributed by atoms with Crippen LogP contribution in [0.4, 0.5) is 0 Å². The molecule has 0 fully saturated rings. The summed E-state index contributed by atoms with van der Waals surface area (Å²) in [4.78, 5) is 4.20. The van der Waals surface area contributed by atoms with E-state index in [-0.39, 0.29) is 11.4 Å². The van der Waals surface area contributed by atoms with Crippen LogP contribution in [0.1, 0.15) is 12.0 Å². The highest BCUT2D eigenvalue weighted by Crippen LogP contribution is 2.17. The molecule has 0 bridgehead atoms. The Morgan fingerprint density at radius 1 is 1.38 bits per heavy atom. The first-order valence-electron chi connectivity index (χ1n) is 6.62. The first-order valence-corrected chi connectivity index (χ1v) is 8.06. The van der Waals surface area contributed by atoms with E-state index in [1.54, 1.807) is 25.5 Å². The molecule has 7 nitrogen and oxygen atoms in total. The Labute approximate surface area is 124 Å². The van der Waals surface area contributed by atoms with Gasteiger partial charge < -0.3 is 5.73 Å². The SMILES string of the molecule is Cn1cc(S(=O)(=O)N(CCCN)Cc2cccnc2)cn1. The summed E-state index contributed by atoms with van der Waals surface area (Å²) in [5.41, 5.74) is 6.34. The summed E-state index contributed by atoms with van der Waals surface area (Å²) in [6.07, 6.45) is 6.76. The van der Waals surface area contributed by atoms with Gasteiger partial charge >= 0.3 is 0 Å². The number of nitrogens with two attached hydrogens (primary N) is 1. The molecule has 0 unspecified atom stereocenters. The normalized spacial score (nSPS) is 12.0. The molecular formula is C13H19N5O2S. The standard InChI is InChI=1S/C13H19N5O2S/c1-17-11-13(9-16-17)21(19,20)18(7-3-5-14)10-12-4-2-6-15-8-12/h2,4,6,8-9,11H,3,5,7,10,14H2,1H3. The van der Waals surface area contributed by atoms with E-state index in [2.05, 4.69) is 10.1 Å². The lowest BCUT2D eigenvalue weighted by molar-refractivity contribution is 0.401. The first kappa shape index (κ1) is 15.6. The third-order valence-electron chi connectivity index (χ3n) is 3.01. The molecule has 2 N–H and O–H groups in total. The second-order valence-electron chi connectivity index (χ2n) is 4.69. The zero-order chi connectivity index (χ0) is 15.3. The van der Waals surface area contributed by atoms with Gasteiger partial charge in [0.15, 0.2) is 0 Å². The van der Waals surface area contributed by atoms with Gasteiger partial charge in [-0.2, -0.15) is 9.40 Å². The zero-order valence-electron chi connectivity index (χ0n) is 11.9. The molecule has 2 aromatic rings. The fourth-order valence-electron chi connectivity index (χ4n) is 1.93. The van der Waals surface area contributed by atoms with Gasteiger partial charge in [0.2, 0.25) is 10.0 Å². The molecule has 0 spiro atoms. The van der Waals surface area contributed by atoms with Crippen molar-refractivity contribution in [1.82, 2.24) is 19.1 Å². The fraction of sp³-hybridized carbons (Fsp3) is 0.385. The van der Waals surface area contributed by atoms with E-state index >= 15 is 0 Å². The molecule has 2 heterocycles. The van der Waals surface area contributed by atoms with Crippen molar-refractivity contribution in [3.8, 4) is 0 Å². The van der Waals surface area contributed by atoms with Crippen LogP contribution in [0.25, 0.3) is 0 Å². The average Bonchev–Trinajstić information content (AvgIpc) is 2.92. The van der Waals surface area contributed by atoms with Crippen molar-refractivity contribution in [2.45, 2.75) is 17.9 Å². The van der Waals surface area contributed by atoms with Gasteiger partial charge in [-0.05, 0) is 24.6 Å². The lowest BCUT2D eigenvalue weighted by Crippen LogP contribution is -2.32. The predicted octanol–water partition coefficient (Wildman–Crippen LogP) is 0.355. The fourth-order valence-corrected chi connectivity index (χ4v) is 3.38. The van der Waals surface area contributed by atoms with Crippen molar-refractivity contribution in [3.63, 3.8) is 0 Å². The Bertz CT molecular complexity index is 669. The summed E-state index contributed by atoms with van der Waals surface area (Å²) in [5.74, 6) is 0. The second-order valence-corrected chi connectivity index (χ2v) is 6.63. The molecule has 0 amide bonds. The molecule has 0 aromatic carbocycles. The highest BCUT2D eigenvalue weighted by atomic mass is 32.2. The molecule has 21 heavy (non-hydrogen) atoms. The minimum absolute atomic E-state index is 0.186. The molecule has 2 aromatic heterocycles. The third kappa shape index (κ3) is 3.87. The minimum Gasteiger partial charge on any atom is -0.330 e. The first-order chi connectivity index (χ1) is 10.0. The van der Waals surface area contributed by atoms with Crippen LogP contribution in [0.2, 0.25) is 0 Å². The number of hydrogen-bond donors (Lipinski definition) is 1. The Morgan fingerprint density at radius 3 is 2.76 bits per heavy atom. The molecule has 114 valence electrons. The van der Waals surface area contributed by atoms with Crippen molar-refractivity contribution in [1.29, 1.82) is 0 Å². The lowest BCUT2D eigenvalue weighted by atomic mass is 10.3. The van der Waals surface area contributed by atoms with Gasteiger partial charge in [-0.25, -0.2) is 8.42 Å². The van der Waals surface area contributed by atoms with E-state index in [9.17, 15) is 8.42 Å². The van der Waals surface area contributed by atoms with E-state index in [4.69, 9.17) is 5.73 Å². The number of pyridine rings is 1. The van der Waals surface area contributed by atoms with Crippen LogP contribution in [0.3, 0.4) is 0 Å². The van der Waals surface area contributed by atoms with Gasteiger partial charge in [0, 0.05) is 38.7 Å². The second kappa shape index (κ2) is 6.79. The summed E-state index contributed by atoms with van der Waals surface area (Å²) < 4.78 is 28.2. The van der Waals surface area contributed by atoms with Crippen molar-refractivity contribution in [3.05, 3.63) is 42.5 Å². The predicted molar refractivity (Wildman–Crippen MR) is 78.7 cm³/mol.